The summed E-state index contributed by atoms with van der Waals surface area (Å²) in [5.74, 6) is -0.282. The summed E-state index contributed by atoms with van der Waals surface area (Å²) < 4.78 is 55.5. The van der Waals surface area contributed by atoms with E-state index in [0.29, 0.717) is 11.5 Å². The van der Waals surface area contributed by atoms with Gasteiger partial charge in [-0.1, -0.05) is 12.8 Å². The molecule has 0 aromatic heterocycles. The predicted octanol–water partition coefficient (Wildman–Crippen LogP) is 3.89. The number of halogens is 5. The van der Waals surface area contributed by atoms with E-state index in [2.05, 4.69) is 15.0 Å². The minimum Gasteiger partial charge on any atom is -0.406 e. The van der Waals surface area contributed by atoms with Gasteiger partial charge in [-0.05, 0) is 30.5 Å². The lowest BCUT2D eigenvalue weighted by Gasteiger charge is -2.35. The average molecular weight is 369 g/mol. The molecule has 1 saturated heterocycles. The monoisotopic (exact) mass is 368 g/mol. The first-order chi connectivity index (χ1) is 10.9. The summed E-state index contributed by atoms with van der Waals surface area (Å²) in [6.45, 7) is 3.14. The van der Waals surface area contributed by atoms with Crippen LogP contribution >= 0.6 is 12.4 Å². The fraction of sp³-hybridized carbons (Fsp3) is 0.625. The highest BCUT2D eigenvalue weighted by Gasteiger charge is 2.34. The molecule has 1 aromatic carbocycles. The Kier molecular flexibility index (Phi) is 6.33. The molecule has 3 rings (SSSR count). The van der Waals surface area contributed by atoms with Crippen LogP contribution in [0, 0.1) is 11.7 Å². The molecule has 136 valence electrons. The summed E-state index contributed by atoms with van der Waals surface area (Å²) in [5, 5.41) is 3.24. The average Bonchev–Trinajstić information content (AvgIpc) is 3.31. The molecule has 8 heteroatoms. The quantitative estimate of drug-likeness (QED) is 0.798. The molecule has 1 heterocycles. The van der Waals surface area contributed by atoms with E-state index in [1.54, 1.807) is 0 Å². The lowest BCUT2D eigenvalue weighted by molar-refractivity contribution is -0.274. The standard InChI is InChI=1S/C16H20F4N2O.ClH/c17-14-4-3-12(23-16(18,19)20)10-13(14)15(9-11-1-2-11)22-7-5-21-6-8-22;/h3-4,10-11,15,21H,1-2,5-9H2;1H/t15-;/m1./s1. The lowest BCUT2D eigenvalue weighted by Crippen LogP contribution is -2.45. The molecule has 1 saturated carbocycles. The van der Waals surface area contributed by atoms with Gasteiger partial charge in [0.25, 0.3) is 0 Å². The van der Waals surface area contributed by atoms with Crippen molar-refractivity contribution in [3.63, 3.8) is 0 Å². The second kappa shape index (κ2) is 7.89. The molecule has 3 nitrogen and oxygen atoms in total. The highest BCUT2D eigenvalue weighted by atomic mass is 35.5. The number of ether oxygens (including phenoxy) is 1. The molecule has 1 aromatic rings. The molecule has 0 radical (unpaired) electrons. The van der Waals surface area contributed by atoms with Crippen LogP contribution in [-0.4, -0.2) is 37.4 Å². The zero-order chi connectivity index (χ0) is 16.4. The highest BCUT2D eigenvalue weighted by molar-refractivity contribution is 5.85. The van der Waals surface area contributed by atoms with Crippen molar-refractivity contribution < 1.29 is 22.3 Å². The van der Waals surface area contributed by atoms with Crippen LogP contribution in [0.4, 0.5) is 17.6 Å². The Labute approximate surface area is 144 Å². The summed E-state index contributed by atoms with van der Waals surface area (Å²) in [7, 11) is 0. The summed E-state index contributed by atoms with van der Waals surface area (Å²) in [5.41, 5.74) is 0.306. The Balaban J connectivity index is 0.00000208. The van der Waals surface area contributed by atoms with Crippen molar-refractivity contribution in [3.05, 3.63) is 29.6 Å². The van der Waals surface area contributed by atoms with Crippen LogP contribution in [0.5, 0.6) is 5.75 Å². The normalized spacial score (nSPS) is 20.3. The maximum absolute atomic E-state index is 14.3. The molecule has 1 aliphatic heterocycles. The molecular formula is C16H21ClF4N2O. The van der Waals surface area contributed by atoms with Gasteiger partial charge < -0.3 is 10.1 Å². The van der Waals surface area contributed by atoms with Gasteiger partial charge >= 0.3 is 6.36 Å². The number of benzene rings is 1. The minimum absolute atomic E-state index is 0. The first kappa shape index (κ1) is 19.3. The van der Waals surface area contributed by atoms with E-state index >= 15 is 0 Å². The summed E-state index contributed by atoms with van der Waals surface area (Å²) in [6, 6.07) is 3.11. The van der Waals surface area contributed by atoms with Crippen LogP contribution in [0.25, 0.3) is 0 Å². The van der Waals surface area contributed by atoms with E-state index in [-0.39, 0.29) is 24.2 Å². The molecule has 0 bridgehead atoms. The molecule has 1 atom stereocenters. The summed E-state index contributed by atoms with van der Waals surface area (Å²) in [6.07, 6.45) is -1.76. The summed E-state index contributed by atoms with van der Waals surface area (Å²) >= 11 is 0. The van der Waals surface area contributed by atoms with Gasteiger partial charge in [-0.3, -0.25) is 4.90 Å². The number of hydrogen-bond donors (Lipinski definition) is 1. The Hall–Kier alpha value is -1.05. The van der Waals surface area contributed by atoms with Crippen LogP contribution in [0.3, 0.4) is 0 Å². The second-order valence-electron chi connectivity index (χ2n) is 6.21. The topological polar surface area (TPSA) is 24.5 Å². The Morgan fingerprint density at radius 2 is 1.88 bits per heavy atom. The van der Waals surface area contributed by atoms with Gasteiger partial charge in [0, 0.05) is 37.8 Å². The van der Waals surface area contributed by atoms with Crippen molar-refractivity contribution in [2.24, 2.45) is 5.92 Å². The van der Waals surface area contributed by atoms with E-state index in [9.17, 15) is 17.6 Å². The van der Waals surface area contributed by atoms with Crippen LogP contribution < -0.4 is 10.1 Å². The lowest BCUT2D eigenvalue weighted by atomic mass is 9.98. The van der Waals surface area contributed by atoms with Crippen molar-refractivity contribution in [1.29, 1.82) is 0 Å². The number of rotatable bonds is 5. The van der Waals surface area contributed by atoms with Crippen LogP contribution in [0.2, 0.25) is 0 Å². The van der Waals surface area contributed by atoms with Gasteiger partial charge in [-0.15, -0.1) is 25.6 Å². The Morgan fingerprint density at radius 1 is 1.21 bits per heavy atom. The van der Waals surface area contributed by atoms with Crippen molar-refractivity contribution in [3.8, 4) is 5.75 Å². The zero-order valence-corrected chi connectivity index (χ0v) is 13.9. The fourth-order valence-corrected chi connectivity index (χ4v) is 3.11. The van der Waals surface area contributed by atoms with E-state index in [0.717, 1.165) is 57.6 Å². The van der Waals surface area contributed by atoms with Crippen LogP contribution in [0.15, 0.2) is 18.2 Å². The Bertz CT molecular complexity index is 545. The van der Waals surface area contributed by atoms with Gasteiger partial charge in [0.15, 0.2) is 0 Å². The first-order valence-corrected chi connectivity index (χ1v) is 7.92. The van der Waals surface area contributed by atoms with Crippen molar-refractivity contribution in [2.45, 2.75) is 31.7 Å². The first-order valence-electron chi connectivity index (χ1n) is 7.92. The third-order valence-electron chi connectivity index (χ3n) is 4.41. The van der Waals surface area contributed by atoms with Gasteiger partial charge in [0.1, 0.15) is 11.6 Å². The molecule has 0 amide bonds. The number of piperazine rings is 1. The van der Waals surface area contributed by atoms with Gasteiger partial charge in [-0.25, -0.2) is 4.39 Å². The molecule has 1 N–H and O–H groups in total. The largest absolute Gasteiger partial charge is 0.573 e. The fourth-order valence-electron chi connectivity index (χ4n) is 3.11. The molecule has 1 aliphatic carbocycles. The van der Waals surface area contributed by atoms with Gasteiger partial charge in [-0.2, -0.15) is 0 Å². The van der Waals surface area contributed by atoms with E-state index < -0.39 is 12.2 Å². The SMILES string of the molecule is Cl.Fc1ccc(OC(F)(F)F)cc1[C@@H](CC1CC1)N1CCNCC1. The van der Waals surface area contributed by atoms with Crippen molar-refractivity contribution in [1.82, 2.24) is 10.2 Å². The predicted molar refractivity (Wildman–Crippen MR) is 84.9 cm³/mol. The molecule has 0 unspecified atom stereocenters. The molecule has 24 heavy (non-hydrogen) atoms. The third kappa shape index (κ3) is 5.22. The Morgan fingerprint density at radius 3 is 2.46 bits per heavy atom. The van der Waals surface area contributed by atoms with Crippen LogP contribution in [0.1, 0.15) is 30.9 Å². The number of nitrogens with zero attached hydrogens (tertiary/aromatic N) is 1. The minimum atomic E-state index is -4.77. The second-order valence-corrected chi connectivity index (χ2v) is 6.21. The molecule has 2 aliphatic rings. The smallest absolute Gasteiger partial charge is 0.406 e. The van der Waals surface area contributed by atoms with E-state index in [1.807, 2.05) is 0 Å². The maximum Gasteiger partial charge on any atom is 0.573 e. The number of hydrogen-bond acceptors (Lipinski definition) is 3. The van der Waals surface area contributed by atoms with Crippen LogP contribution in [-0.2, 0) is 0 Å². The highest BCUT2D eigenvalue weighted by Crippen LogP contribution is 2.41. The third-order valence-corrected chi connectivity index (χ3v) is 4.41. The zero-order valence-electron chi connectivity index (χ0n) is 13.1. The number of alkyl halides is 3. The van der Waals surface area contributed by atoms with Gasteiger partial charge in [0.05, 0.1) is 0 Å². The molecular weight excluding hydrogens is 348 g/mol. The molecule has 0 spiro atoms. The van der Waals surface area contributed by atoms with Crippen molar-refractivity contribution in [2.75, 3.05) is 26.2 Å². The number of nitrogens with one attached hydrogen (secondary N) is 1. The van der Waals surface area contributed by atoms with Gasteiger partial charge in [0.2, 0.25) is 0 Å². The van der Waals surface area contributed by atoms with E-state index in [1.165, 1.54) is 6.07 Å². The summed E-state index contributed by atoms with van der Waals surface area (Å²) in [4.78, 5) is 2.16. The molecule has 2 fully saturated rings. The maximum atomic E-state index is 14.3. The van der Waals surface area contributed by atoms with Crippen molar-refractivity contribution >= 4 is 12.4 Å². The van der Waals surface area contributed by atoms with E-state index in [4.69, 9.17) is 0 Å².